The van der Waals surface area contributed by atoms with Crippen LogP contribution in [0.3, 0.4) is 0 Å². The van der Waals surface area contributed by atoms with E-state index >= 15 is 0 Å². The smallest absolute Gasteiger partial charge is 0.211 e. The van der Waals surface area contributed by atoms with Gasteiger partial charge in [-0.1, -0.05) is 0 Å². The Morgan fingerprint density at radius 2 is 2.39 bits per heavy atom. The van der Waals surface area contributed by atoms with E-state index in [0.29, 0.717) is 13.1 Å². The van der Waals surface area contributed by atoms with Crippen LogP contribution in [0.4, 0.5) is 0 Å². The molecule has 0 radical (unpaired) electrons. The average Bonchev–Trinajstić information content (AvgIpc) is 2.82. The lowest BCUT2D eigenvalue weighted by atomic mass is 10.0. The Balaban J connectivity index is 1.73. The van der Waals surface area contributed by atoms with Gasteiger partial charge in [0.1, 0.15) is 0 Å². The van der Waals surface area contributed by atoms with Crippen LogP contribution in [-0.4, -0.2) is 43.6 Å². The van der Waals surface area contributed by atoms with Gasteiger partial charge in [0.2, 0.25) is 10.0 Å². The molecule has 0 aromatic carbocycles. The SMILES string of the molecule is O=S(=O)(CC1CCCNC1)NCCn1cccn1. The van der Waals surface area contributed by atoms with Gasteiger partial charge in [-0.25, -0.2) is 13.1 Å². The van der Waals surface area contributed by atoms with E-state index in [4.69, 9.17) is 0 Å². The highest BCUT2D eigenvalue weighted by molar-refractivity contribution is 7.89. The highest BCUT2D eigenvalue weighted by atomic mass is 32.2. The average molecular weight is 272 g/mol. The lowest BCUT2D eigenvalue weighted by molar-refractivity contribution is 0.402. The Bertz CT molecular complexity index is 438. The van der Waals surface area contributed by atoms with E-state index < -0.39 is 10.0 Å². The number of aromatic nitrogens is 2. The van der Waals surface area contributed by atoms with Crippen LogP contribution in [0.25, 0.3) is 0 Å². The fourth-order valence-electron chi connectivity index (χ4n) is 2.18. The third kappa shape index (κ3) is 4.40. The third-order valence-corrected chi connectivity index (χ3v) is 4.63. The molecular weight excluding hydrogens is 252 g/mol. The van der Waals surface area contributed by atoms with Crippen LogP contribution in [0, 0.1) is 5.92 Å². The zero-order chi connectivity index (χ0) is 12.8. The standard InChI is InChI=1S/C11H20N4O2S/c16-18(17,10-11-3-1-4-12-9-11)14-6-8-15-7-2-5-13-15/h2,5,7,11-12,14H,1,3-4,6,8-10H2. The van der Waals surface area contributed by atoms with Crippen LogP contribution in [0.15, 0.2) is 18.5 Å². The van der Waals surface area contributed by atoms with Gasteiger partial charge in [-0.3, -0.25) is 4.68 Å². The number of rotatable bonds is 6. The van der Waals surface area contributed by atoms with Gasteiger partial charge >= 0.3 is 0 Å². The summed E-state index contributed by atoms with van der Waals surface area (Å²) in [6.07, 6.45) is 5.56. The summed E-state index contributed by atoms with van der Waals surface area (Å²) in [7, 11) is -3.17. The van der Waals surface area contributed by atoms with Crippen molar-refractivity contribution in [3.8, 4) is 0 Å². The minimum atomic E-state index is -3.17. The summed E-state index contributed by atoms with van der Waals surface area (Å²) in [5.74, 6) is 0.458. The lowest BCUT2D eigenvalue weighted by Gasteiger charge is -2.22. The molecule has 0 aliphatic carbocycles. The molecule has 1 aromatic rings. The lowest BCUT2D eigenvalue weighted by Crippen LogP contribution is -2.38. The minimum Gasteiger partial charge on any atom is -0.316 e. The third-order valence-electron chi connectivity index (χ3n) is 3.08. The number of sulfonamides is 1. The van der Waals surface area contributed by atoms with Crippen molar-refractivity contribution in [2.75, 3.05) is 25.4 Å². The Morgan fingerprint density at radius 3 is 3.06 bits per heavy atom. The van der Waals surface area contributed by atoms with Crippen molar-refractivity contribution in [2.45, 2.75) is 19.4 Å². The largest absolute Gasteiger partial charge is 0.316 e. The van der Waals surface area contributed by atoms with E-state index in [0.717, 1.165) is 25.9 Å². The van der Waals surface area contributed by atoms with Crippen molar-refractivity contribution >= 4 is 10.0 Å². The molecule has 1 aromatic heterocycles. The van der Waals surface area contributed by atoms with Crippen LogP contribution < -0.4 is 10.0 Å². The Hall–Kier alpha value is -0.920. The molecule has 0 bridgehead atoms. The van der Waals surface area contributed by atoms with Gasteiger partial charge < -0.3 is 5.32 Å². The highest BCUT2D eigenvalue weighted by Gasteiger charge is 2.20. The first-order valence-corrected chi connectivity index (χ1v) is 7.96. The summed E-state index contributed by atoms with van der Waals surface area (Å²) < 4.78 is 28.1. The second-order valence-corrected chi connectivity index (χ2v) is 6.51. The molecule has 6 nitrogen and oxygen atoms in total. The van der Waals surface area contributed by atoms with Gasteiger partial charge in [0.25, 0.3) is 0 Å². The Kier molecular flexibility index (Phi) is 4.73. The van der Waals surface area contributed by atoms with Crippen molar-refractivity contribution in [3.63, 3.8) is 0 Å². The highest BCUT2D eigenvalue weighted by Crippen LogP contribution is 2.11. The molecule has 18 heavy (non-hydrogen) atoms. The van der Waals surface area contributed by atoms with Gasteiger partial charge in [-0.2, -0.15) is 5.10 Å². The second-order valence-electron chi connectivity index (χ2n) is 4.66. The van der Waals surface area contributed by atoms with Gasteiger partial charge in [0, 0.05) is 18.9 Å². The molecule has 2 rings (SSSR count). The van der Waals surface area contributed by atoms with Crippen LogP contribution in [0.5, 0.6) is 0 Å². The maximum absolute atomic E-state index is 11.9. The molecule has 0 saturated carbocycles. The molecule has 2 heterocycles. The summed E-state index contributed by atoms with van der Waals surface area (Å²) in [6.45, 7) is 2.77. The van der Waals surface area contributed by atoms with Crippen LogP contribution >= 0.6 is 0 Å². The fraction of sp³-hybridized carbons (Fsp3) is 0.727. The van der Waals surface area contributed by atoms with Gasteiger partial charge in [0.05, 0.1) is 12.3 Å². The van der Waals surface area contributed by atoms with Crippen LogP contribution in [0.1, 0.15) is 12.8 Å². The molecule has 1 fully saturated rings. The first kappa shape index (κ1) is 13.5. The maximum Gasteiger partial charge on any atom is 0.211 e. The predicted molar refractivity (Wildman–Crippen MR) is 69.6 cm³/mol. The molecule has 1 atom stereocenters. The van der Waals surface area contributed by atoms with Crippen molar-refractivity contribution in [1.82, 2.24) is 19.8 Å². The summed E-state index contributed by atoms with van der Waals surface area (Å²) in [5, 5.41) is 7.25. The topological polar surface area (TPSA) is 76.0 Å². The zero-order valence-corrected chi connectivity index (χ0v) is 11.2. The van der Waals surface area contributed by atoms with Crippen LogP contribution in [-0.2, 0) is 16.6 Å². The molecule has 0 amide bonds. The van der Waals surface area contributed by atoms with E-state index in [1.165, 1.54) is 0 Å². The number of nitrogens with zero attached hydrogens (tertiary/aromatic N) is 2. The molecular formula is C11H20N4O2S. The predicted octanol–water partition coefficient (Wildman–Crippen LogP) is -0.198. The van der Waals surface area contributed by atoms with Gasteiger partial charge in [-0.15, -0.1) is 0 Å². The number of piperidine rings is 1. The summed E-state index contributed by atoms with van der Waals surface area (Å²) in [4.78, 5) is 0. The van der Waals surface area contributed by atoms with Crippen molar-refractivity contribution in [1.29, 1.82) is 0 Å². The molecule has 7 heteroatoms. The first-order chi connectivity index (χ1) is 8.66. The maximum atomic E-state index is 11.9. The van der Waals surface area contributed by atoms with E-state index in [2.05, 4.69) is 15.1 Å². The first-order valence-electron chi connectivity index (χ1n) is 6.31. The molecule has 0 spiro atoms. The molecule has 2 N–H and O–H groups in total. The number of hydrogen-bond acceptors (Lipinski definition) is 4. The van der Waals surface area contributed by atoms with E-state index in [9.17, 15) is 8.42 Å². The van der Waals surface area contributed by atoms with Crippen molar-refractivity contribution in [2.24, 2.45) is 5.92 Å². The summed E-state index contributed by atoms with van der Waals surface area (Å²) in [6, 6.07) is 1.82. The number of hydrogen-bond donors (Lipinski definition) is 2. The molecule has 102 valence electrons. The normalized spacial score (nSPS) is 21.0. The molecule has 1 unspecified atom stereocenters. The van der Waals surface area contributed by atoms with E-state index in [1.54, 1.807) is 10.9 Å². The quantitative estimate of drug-likeness (QED) is 0.752. The number of nitrogens with one attached hydrogen (secondary N) is 2. The molecule has 1 aliphatic rings. The van der Waals surface area contributed by atoms with E-state index in [1.807, 2.05) is 12.3 Å². The molecule has 1 saturated heterocycles. The Morgan fingerprint density at radius 1 is 1.50 bits per heavy atom. The van der Waals surface area contributed by atoms with Crippen molar-refractivity contribution < 1.29 is 8.42 Å². The zero-order valence-electron chi connectivity index (χ0n) is 10.4. The fourth-order valence-corrected chi connectivity index (χ4v) is 3.61. The summed E-state index contributed by atoms with van der Waals surface area (Å²) in [5.41, 5.74) is 0. The van der Waals surface area contributed by atoms with E-state index in [-0.39, 0.29) is 11.7 Å². The van der Waals surface area contributed by atoms with Crippen molar-refractivity contribution in [3.05, 3.63) is 18.5 Å². The van der Waals surface area contributed by atoms with Gasteiger partial charge in [0.15, 0.2) is 0 Å². The monoisotopic (exact) mass is 272 g/mol. The van der Waals surface area contributed by atoms with Crippen LogP contribution in [0.2, 0.25) is 0 Å². The van der Waals surface area contributed by atoms with Gasteiger partial charge in [-0.05, 0) is 37.9 Å². The summed E-state index contributed by atoms with van der Waals surface area (Å²) >= 11 is 0. The minimum absolute atomic E-state index is 0.221. The Labute approximate surface area is 108 Å². The molecule has 1 aliphatic heterocycles. The second kappa shape index (κ2) is 6.31.